The minimum Gasteiger partial charge on any atom is -0.316 e. The lowest BCUT2D eigenvalue weighted by molar-refractivity contribution is 0.103. The number of halogens is 2. The minimum atomic E-state index is -0.371. The Kier molecular flexibility index (Phi) is 12.3. The molecule has 316 valence electrons. The topological polar surface area (TPSA) is 75.3 Å². The van der Waals surface area contributed by atoms with Gasteiger partial charge in [0.25, 0.3) is 0 Å². The van der Waals surface area contributed by atoms with Crippen LogP contribution in [0.15, 0.2) is 97.1 Å². The zero-order valence-electron chi connectivity index (χ0n) is 36.5. The summed E-state index contributed by atoms with van der Waals surface area (Å²) < 4.78 is 31.3. The van der Waals surface area contributed by atoms with Crippen LogP contribution in [0.2, 0.25) is 0 Å². The van der Waals surface area contributed by atoms with Crippen molar-refractivity contribution in [1.82, 2.24) is 10.6 Å². The molecule has 0 aromatic heterocycles. The fourth-order valence-corrected chi connectivity index (χ4v) is 10.5. The van der Waals surface area contributed by atoms with Crippen LogP contribution in [0.1, 0.15) is 130 Å². The highest BCUT2D eigenvalue weighted by Gasteiger charge is 2.37. The molecule has 6 aromatic carbocycles. The van der Waals surface area contributed by atoms with Gasteiger partial charge in [-0.15, -0.1) is 0 Å². The van der Waals surface area contributed by atoms with Crippen LogP contribution in [0.3, 0.4) is 0 Å². The van der Waals surface area contributed by atoms with Gasteiger partial charge >= 0.3 is 0 Å². The van der Waals surface area contributed by atoms with E-state index >= 15 is 23.2 Å². The second-order valence-corrected chi connectivity index (χ2v) is 17.2. The van der Waals surface area contributed by atoms with Crippen LogP contribution < -0.4 is 10.6 Å². The summed E-state index contributed by atoms with van der Waals surface area (Å²) in [6.45, 7) is 14.1. The van der Waals surface area contributed by atoms with Crippen LogP contribution in [-0.4, -0.2) is 43.5 Å². The zero-order chi connectivity index (χ0) is 43.8. The van der Waals surface area contributed by atoms with Crippen LogP contribution in [0.4, 0.5) is 8.78 Å². The maximum Gasteiger partial charge on any atom is 0.194 e. The third-order valence-electron chi connectivity index (χ3n) is 13.6. The fourth-order valence-electron chi connectivity index (χ4n) is 10.5. The van der Waals surface area contributed by atoms with Gasteiger partial charge in [0, 0.05) is 46.5 Å². The molecule has 0 spiro atoms. The van der Waals surface area contributed by atoms with Gasteiger partial charge in [-0.2, -0.15) is 0 Å². The molecule has 0 bridgehead atoms. The number of carbonyl (C=O) groups is 3. The average molecular weight is 829 g/mol. The summed E-state index contributed by atoms with van der Waals surface area (Å²) in [6, 6.07) is 28.1. The normalized spacial score (nSPS) is 16.6. The average Bonchev–Trinajstić information content (AvgIpc) is 3.29. The van der Waals surface area contributed by atoms with E-state index in [9.17, 15) is 0 Å². The Morgan fingerprint density at radius 1 is 0.452 bits per heavy atom. The van der Waals surface area contributed by atoms with E-state index in [1.54, 1.807) is 50.2 Å². The Balaban J connectivity index is 1.50. The van der Waals surface area contributed by atoms with E-state index < -0.39 is 0 Å². The minimum absolute atomic E-state index is 0.0736. The third kappa shape index (κ3) is 7.56. The lowest BCUT2D eigenvalue weighted by Gasteiger charge is -2.33. The van der Waals surface area contributed by atoms with Crippen LogP contribution in [0.5, 0.6) is 0 Å². The van der Waals surface area contributed by atoms with Crippen molar-refractivity contribution >= 4 is 17.3 Å². The van der Waals surface area contributed by atoms with E-state index in [4.69, 9.17) is 0 Å². The second kappa shape index (κ2) is 17.8. The van der Waals surface area contributed by atoms with Gasteiger partial charge in [-0.3, -0.25) is 14.4 Å². The first-order valence-corrected chi connectivity index (χ1v) is 21.9. The standard InChI is InChI=1S/C55H54F2N2O3/c1-31-41(23-13-25-43(31)56)51-47(39-21-15-27-58-29-39)33(3)45(35(5)49(51)53(60)37-17-9-7-10-18-37)55(62)46-34(4)48(40-22-16-28-59-30-40)52(42-24-14-26-44(57)32(42)2)50(36(46)6)54(61)38-19-11-8-12-20-38/h7-14,17-20,23-26,39-40,58-59H,15-16,21-22,27-30H2,1-6H3. The molecular weight excluding hydrogens is 775 g/mol. The van der Waals surface area contributed by atoms with Crippen molar-refractivity contribution in [2.24, 2.45) is 0 Å². The van der Waals surface area contributed by atoms with E-state index in [0.29, 0.717) is 91.0 Å². The van der Waals surface area contributed by atoms with E-state index in [1.165, 1.54) is 12.1 Å². The first-order chi connectivity index (χ1) is 29.9. The maximum atomic E-state index is 16.2. The molecule has 8 rings (SSSR count). The number of rotatable bonds is 10. The predicted octanol–water partition coefficient (Wildman–Crippen LogP) is 11.8. The van der Waals surface area contributed by atoms with Crippen molar-refractivity contribution in [3.63, 3.8) is 0 Å². The van der Waals surface area contributed by atoms with Gasteiger partial charge in [0.15, 0.2) is 17.3 Å². The van der Waals surface area contributed by atoms with Crippen LogP contribution in [-0.2, 0) is 0 Å². The van der Waals surface area contributed by atoms with Crippen molar-refractivity contribution in [3.05, 3.63) is 187 Å². The highest BCUT2D eigenvalue weighted by Crippen LogP contribution is 2.47. The lowest BCUT2D eigenvalue weighted by atomic mass is 9.72. The van der Waals surface area contributed by atoms with Gasteiger partial charge in [0.05, 0.1) is 0 Å². The van der Waals surface area contributed by atoms with E-state index in [1.807, 2.05) is 76.2 Å². The molecule has 2 N–H and O–H groups in total. The molecule has 6 aromatic rings. The van der Waals surface area contributed by atoms with Gasteiger partial charge in [0.1, 0.15) is 11.6 Å². The molecule has 2 atom stereocenters. The quantitative estimate of drug-likeness (QED) is 0.135. The lowest BCUT2D eigenvalue weighted by Crippen LogP contribution is -2.31. The van der Waals surface area contributed by atoms with Crippen molar-refractivity contribution in [1.29, 1.82) is 0 Å². The summed E-state index contributed by atoms with van der Waals surface area (Å²) in [6.07, 6.45) is 3.43. The molecule has 5 nitrogen and oxygen atoms in total. The van der Waals surface area contributed by atoms with Crippen LogP contribution in [0, 0.1) is 53.2 Å². The number of piperidine rings is 2. The molecule has 2 saturated heterocycles. The molecule has 7 heteroatoms. The number of carbonyl (C=O) groups excluding carboxylic acids is 3. The number of benzene rings is 6. The summed E-state index contributed by atoms with van der Waals surface area (Å²) in [5.41, 5.74) is 10.2. The summed E-state index contributed by atoms with van der Waals surface area (Å²) in [7, 11) is 0. The first kappa shape index (κ1) is 42.8. The Morgan fingerprint density at radius 3 is 1.19 bits per heavy atom. The highest BCUT2D eigenvalue weighted by molar-refractivity contribution is 6.22. The second-order valence-electron chi connectivity index (χ2n) is 17.2. The molecule has 2 unspecified atom stereocenters. The Labute approximate surface area is 364 Å². The summed E-state index contributed by atoms with van der Waals surface area (Å²) in [5, 5.41) is 7.11. The Hall–Kier alpha value is -5.89. The molecule has 0 aliphatic carbocycles. The van der Waals surface area contributed by atoms with Gasteiger partial charge in [-0.1, -0.05) is 84.9 Å². The molecule has 2 fully saturated rings. The number of hydrogen-bond donors (Lipinski definition) is 2. The van der Waals surface area contributed by atoms with E-state index in [2.05, 4.69) is 10.6 Å². The Morgan fingerprint density at radius 2 is 0.839 bits per heavy atom. The van der Waals surface area contributed by atoms with Gasteiger partial charge < -0.3 is 10.6 Å². The molecule has 2 aliphatic rings. The van der Waals surface area contributed by atoms with Crippen molar-refractivity contribution in [2.75, 3.05) is 26.2 Å². The van der Waals surface area contributed by atoms with Crippen molar-refractivity contribution < 1.29 is 23.2 Å². The van der Waals surface area contributed by atoms with Crippen molar-refractivity contribution in [3.8, 4) is 22.3 Å². The largest absolute Gasteiger partial charge is 0.316 e. The predicted molar refractivity (Wildman–Crippen MR) is 245 cm³/mol. The molecular formula is C55H54F2N2O3. The third-order valence-corrected chi connectivity index (χ3v) is 13.6. The van der Waals surface area contributed by atoms with Crippen LogP contribution >= 0.6 is 0 Å². The number of nitrogens with one attached hydrogen (secondary N) is 2. The number of ketones is 3. The number of hydrogen-bond acceptors (Lipinski definition) is 5. The van der Waals surface area contributed by atoms with E-state index in [-0.39, 0.29) is 40.8 Å². The fraction of sp³-hybridized carbons (Fsp3) is 0.291. The molecule has 0 radical (unpaired) electrons. The van der Waals surface area contributed by atoms with Gasteiger partial charge in [-0.25, -0.2) is 8.78 Å². The maximum absolute atomic E-state index is 16.2. The Bertz CT molecular complexity index is 2540. The van der Waals surface area contributed by atoms with Gasteiger partial charge in [0.2, 0.25) is 0 Å². The monoisotopic (exact) mass is 828 g/mol. The summed E-state index contributed by atoms with van der Waals surface area (Å²) >= 11 is 0. The molecule has 0 saturated carbocycles. The first-order valence-electron chi connectivity index (χ1n) is 21.9. The van der Waals surface area contributed by atoms with Crippen LogP contribution in [0.25, 0.3) is 22.3 Å². The summed E-state index contributed by atoms with van der Waals surface area (Å²) in [4.78, 5) is 46.5. The van der Waals surface area contributed by atoms with Crippen molar-refractivity contribution in [2.45, 2.75) is 79.1 Å². The molecule has 2 aliphatic heterocycles. The SMILES string of the molecule is Cc1c(F)cccc1-c1c(C(=O)c2ccccc2)c(C)c(C(=O)c2c(C)c(C(=O)c3ccccc3)c(-c3cccc(F)c3C)c(C3CCCNC3)c2C)c(C)c1C1CCCNC1. The van der Waals surface area contributed by atoms with Gasteiger partial charge in [-0.05, 0) is 171 Å². The summed E-state index contributed by atoms with van der Waals surface area (Å²) in [5.74, 6) is -1.67. The van der Waals surface area contributed by atoms with E-state index in [0.717, 1.165) is 61.0 Å². The molecule has 62 heavy (non-hydrogen) atoms. The molecule has 0 amide bonds. The highest BCUT2D eigenvalue weighted by atomic mass is 19.1. The molecule has 2 heterocycles. The zero-order valence-corrected chi connectivity index (χ0v) is 36.5. The smallest absolute Gasteiger partial charge is 0.194 e.